The van der Waals surface area contributed by atoms with Gasteiger partial charge in [0.05, 0.1) is 0 Å². The van der Waals surface area contributed by atoms with E-state index in [1.807, 2.05) is 0 Å². The van der Waals surface area contributed by atoms with Crippen molar-refractivity contribution in [1.29, 1.82) is 0 Å². The molecule has 0 bridgehead atoms. The van der Waals surface area contributed by atoms with Crippen molar-refractivity contribution in [3.05, 3.63) is 6.92 Å². The summed E-state index contributed by atoms with van der Waals surface area (Å²) in [7, 11) is 0. The Balaban J connectivity index is 0. The Morgan fingerprint density at radius 3 is 1.17 bits per heavy atom. The molecule has 0 saturated heterocycles. The number of hydrogen-bond donors (Lipinski definition) is 0. The summed E-state index contributed by atoms with van der Waals surface area (Å²) in [5.41, 5.74) is 0.250. The molecule has 0 aromatic rings. The third kappa shape index (κ3) is 207. The molecule has 0 N–H and O–H groups in total. The zero-order valence-electron chi connectivity index (χ0n) is 4.51. The molecule has 6 heavy (non-hydrogen) atoms. The first-order chi connectivity index (χ1) is 2.00. The minimum absolute atomic E-state index is 0. The van der Waals surface area contributed by atoms with Gasteiger partial charge in [-0.3, -0.25) is 0 Å². The maximum absolute atomic E-state index is 3.77. The summed E-state index contributed by atoms with van der Waals surface area (Å²) in [6.45, 7) is 10.0. The van der Waals surface area contributed by atoms with E-state index in [0.717, 1.165) is 0 Å². The van der Waals surface area contributed by atoms with Crippen molar-refractivity contribution in [2.45, 2.75) is 20.8 Å². The predicted octanol–water partition coefficient (Wildman–Crippen LogP) is 1.86. The topological polar surface area (TPSA) is 0 Å². The van der Waals surface area contributed by atoms with Crippen molar-refractivity contribution in [1.82, 2.24) is 0 Å². The molecule has 0 unspecified atom stereocenters. The number of rotatable bonds is 0. The van der Waals surface area contributed by atoms with Crippen molar-refractivity contribution in [2.24, 2.45) is 5.41 Å². The summed E-state index contributed by atoms with van der Waals surface area (Å²) in [6, 6.07) is 0. The van der Waals surface area contributed by atoms with Crippen LogP contribution in [-0.2, 0) is 17.1 Å². The van der Waals surface area contributed by atoms with Crippen LogP contribution in [0.2, 0.25) is 0 Å². The Morgan fingerprint density at radius 1 is 1.17 bits per heavy atom. The molecular weight excluding hydrogens is 124 g/mol. The molecule has 0 atom stereocenters. The van der Waals surface area contributed by atoms with Gasteiger partial charge in [-0.1, -0.05) is 20.8 Å². The van der Waals surface area contributed by atoms with E-state index in [2.05, 4.69) is 27.7 Å². The molecular formula is C5H11Cu. The van der Waals surface area contributed by atoms with Gasteiger partial charge in [0, 0.05) is 0 Å². The Morgan fingerprint density at radius 2 is 1.17 bits per heavy atom. The van der Waals surface area contributed by atoms with Crippen LogP contribution >= 0.6 is 0 Å². The molecule has 0 aliphatic heterocycles. The van der Waals surface area contributed by atoms with E-state index >= 15 is 0 Å². The fraction of sp³-hybridized carbons (Fsp3) is 0.800. The summed E-state index contributed by atoms with van der Waals surface area (Å²) < 4.78 is 0. The van der Waals surface area contributed by atoms with Crippen molar-refractivity contribution in [2.75, 3.05) is 0 Å². The van der Waals surface area contributed by atoms with Gasteiger partial charge in [-0.25, -0.2) is 0 Å². The van der Waals surface area contributed by atoms with Gasteiger partial charge in [-0.05, 0) is 0 Å². The van der Waals surface area contributed by atoms with Crippen molar-refractivity contribution in [3.8, 4) is 0 Å². The fourth-order valence-electron chi connectivity index (χ4n) is 0. The van der Waals surface area contributed by atoms with Gasteiger partial charge >= 0.3 is 17.1 Å². The molecule has 0 fully saturated rings. The standard InChI is InChI=1S/C5H11.Cu/c1-5(2,3)4;/h1H2,2-4H3;/q-1;+1. The first-order valence-electron chi connectivity index (χ1n) is 1.85. The van der Waals surface area contributed by atoms with Gasteiger partial charge < -0.3 is 6.92 Å². The third-order valence-corrected chi connectivity index (χ3v) is 0. The van der Waals surface area contributed by atoms with Gasteiger partial charge in [0.2, 0.25) is 0 Å². The average molecular weight is 135 g/mol. The maximum atomic E-state index is 3.77. The first-order valence-corrected chi connectivity index (χ1v) is 1.85. The zero-order valence-corrected chi connectivity index (χ0v) is 5.45. The Hall–Kier alpha value is 0.519. The second-order valence-electron chi connectivity index (χ2n) is 2.56. The van der Waals surface area contributed by atoms with Crippen LogP contribution in [0.15, 0.2) is 0 Å². The second-order valence-corrected chi connectivity index (χ2v) is 2.56. The van der Waals surface area contributed by atoms with E-state index in [9.17, 15) is 0 Å². The summed E-state index contributed by atoms with van der Waals surface area (Å²) in [6.07, 6.45) is 0. The van der Waals surface area contributed by atoms with E-state index < -0.39 is 0 Å². The predicted molar refractivity (Wildman–Crippen MR) is 24.8 cm³/mol. The van der Waals surface area contributed by atoms with Crippen LogP contribution < -0.4 is 0 Å². The Kier molecular flexibility index (Phi) is 4.30. The van der Waals surface area contributed by atoms with Gasteiger partial charge in [0.25, 0.3) is 0 Å². The molecule has 0 heterocycles. The largest absolute Gasteiger partial charge is 1.00 e. The molecule has 0 nitrogen and oxygen atoms in total. The van der Waals surface area contributed by atoms with Crippen LogP contribution in [0.4, 0.5) is 0 Å². The van der Waals surface area contributed by atoms with E-state index in [-0.39, 0.29) is 22.5 Å². The van der Waals surface area contributed by atoms with Crippen molar-refractivity contribution >= 4 is 0 Å². The van der Waals surface area contributed by atoms with Crippen LogP contribution in [0.5, 0.6) is 0 Å². The summed E-state index contributed by atoms with van der Waals surface area (Å²) in [5, 5.41) is 0. The van der Waals surface area contributed by atoms with Crippen molar-refractivity contribution < 1.29 is 17.1 Å². The summed E-state index contributed by atoms with van der Waals surface area (Å²) >= 11 is 0. The SMILES string of the molecule is [CH2-]C(C)(C)C.[Cu+]. The van der Waals surface area contributed by atoms with Crippen LogP contribution in [0.3, 0.4) is 0 Å². The van der Waals surface area contributed by atoms with E-state index in [1.54, 1.807) is 0 Å². The average Bonchev–Trinajstić information content (AvgIpc) is 0.722. The zero-order chi connectivity index (χ0) is 4.50. The smallest absolute Gasteiger partial charge is 0.338 e. The van der Waals surface area contributed by atoms with E-state index in [4.69, 9.17) is 0 Å². The molecule has 0 aromatic heterocycles. The molecule has 0 amide bonds. The van der Waals surface area contributed by atoms with Crippen LogP contribution in [0.25, 0.3) is 0 Å². The van der Waals surface area contributed by atoms with Crippen LogP contribution in [-0.4, -0.2) is 0 Å². The van der Waals surface area contributed by atoms with Crippen molar-refractivity contribution in [3.63, 3.8) is 0 Å². The maximum Gasteiger partial charge on any atom is 1.00 e. The Bertz CT molecular complexity index is 19.4. The minimum atomic E-state index is 0. The molecule has 1 heteroatoms. The molecule has 0 rings (SSSR count). The summed E-state index contributed by atoms with van der Waals surface area (Å²) in [4.78, 5) is 0. The molecule has 0 aliphatic rings. The molecule has 0 aromatic carbocycles. The Labute approximate surface area is 50.8 Å². The quantitative estimate of drug-likeness (QED) is 0.351. The van der Waals surface area contributed by atoms with E-state index in [1.165, 1.54) is 0 Å². The monoisotopic (exact) mass is 134 g/mol. The third-order valence-electron chi connectivity index (χ3n) is 0. The second kappa shape index (κ2) is 2.65. The van der Waals surface area contributed by atoms with Crippen LogP contribution in [0, 0.1) is 12.3 Å². The van der Waals surface area contributed by atoms with Gasteiger partial charge in [-0.2, -0.15) is 5.41 Å². The molecule has 42 valence electrons. The van der Waals surface area contributed by atoms with Gasteiger partial charge in [0.15, 0.2) is 0 Å². The van der Waals surface area contributed by atoms with Gasteiger partial charge in [0.1, 0.15) is 0 Å². The molecule has 0 radical (unpaired) electrons. The summed E-state index contributed by atoms with van der Waals surface area (Å²) in [5.74, 6) is 0. The van der Waals surface area contributed by atoms with E-state index in [0.29, 0.717) is 0 Å². The normalized spacial score (nSPS) is 10.0. The van der Waals surface area contributed by atoms with Gasteiger partial charge in [-0.15, -0.1) is 0 Å². The number of hydrogen-bond acceptors (Lipinski definition) is 0. The molecule has 0 spiro atoms. The van der Waals surface area contributed by atoms with Crippen LogP contribution in [0.1, 0.15) is 20.8 Å². The molecule has 0 saturated carbocycles. The fourth-order valence-corrected chi connectivity index (χ4v) is 0. The molecule has 0 aliphatic carbocycles. The minimum Gasteiger partial charge on any atom is -0.338 e. The first kappa shape index (κ1) is 9.72.